The summed E-state index contributed by atoms with van der Waals surface area (Å²) in [6, 6.07) is 7.92. The predicted octanol–water partition coefficient (Wildman–Crippen LogP) is 6.50. The van der Waals surface area contributed by atoms with Gasteiger partial charge in [-0.15, -0.1) is 34.0 Å². The summed E-state index contributed by atoms with van der Waals surface area (Å²) >= 11 is 11.6. The van der Waals surface area contributed by atoms with E-state index in [0.29, 0.717) is 11.1 Å². The van der Waals surface area contributed by atoms with Crippen LogP contribution in [0.5, 0.6) is 0 Å². The fourth-order valence-corrected chi connectivity index (χ4v) is 6.85. The Kier molecular flexibility index (Phi) is 3.73. The zero-order valence-electron chi connectivity index (χ0n) is 10.8. The van der Waals surface area contributed by atoms with Crippen molar-refractivity contribution in [2.24, 2.45) is 0 Å². The van der Waals surface area contributed by atoms with Gasteiger partial charge >= 0.3 is 0 Å². The monoisotopic (exact) mass is 472 g/mol. The van der Waals surface area contributed by atoms with Crippen molar-refractivity contribution < 1.29 is 9.59 Å². The lowest BCUT2D eigenvalue weighted by Gasteiger charge is -1.95. The van der Waals surface area contributed by atoms with E-state index in [1.807, 2.05) is 24.3 Å². The Hall–Kier alpha value is -0.600. The van der Waals surface area contributed by atoms with E-state index in [4.69, 9.17) is 0 Å². The lowest BCUT2D eigenvalue weighted by Crippen LogP contribution is -1.93. The number of hydrogen-bond acceptors (Lipinski definition) is 5. The van der Waals surface area contributed by atoms with Crippen LogP contribution in [0.1, 0.15) is 27.1 Å². The van der Waals surface area contributed by atoms with Crippen LogP contribution in [0.4, 0.5) is 0 Å². The second-order valence-corrected chi connectivity index (χ2v) is 10.7. The summed E-state index contributed by atoms with van der Waals surface area (Å²) in [7, 11) is 0. The fourth-order valence-electron chi connectivity index (χ4n) is 2.51. The summed E-state index contributed by atoms with van der Waals surface area (Å²) in [4.78, 5) is 28.5. The summed E-state index contributed by atoms with van der Waals surface area (Å²) in [5.41, 5.74) is 1.23. The number of Topliss-reactive ketones (excluding diaryl/α,β-unsaturated/α-hetero) is 2. The van der Waals surface area contributed by atoms with E-state index >= 15 is 0 Å². The van der Waals surface area contributed by atoms with Crippen LogP contribution in [0.3, 0.4) is 0 Å². The highest BCUT2D eigenvalue weighted by molar-refractivity contribution is 9.11. The van der Waals surface area contributed by atoms with Crippen LogP contribution < -0.4 is 0 Å². The second-order valence-electron chi connectivity index (χ2n) is 4.74. The van der Waals surface area contributed by atoms with E-state index in [-0.39, 0.29) is 18.0 Å². The molecule has 0 unspecified atom stereocenters. The molecule has 0 bridgehead atoms. The molecule has 0 N–H and O–H groups in total. The van der Waals surface area contributed by atoms with Crippen LogP contribution in [0.2, 0.25) is 0 Å². The van der Waals surface area contributed by atoms with Gasteiger partial charge in [0.1, 0.15) is 0 Å². The molecule has 4 rings (SSSR count). The number of carbonyl (C=O) groups is 2. The largest absolute Gasteiger partial charge is 0.294 e. The molecule has 0 saturated heterocycles. The molecule has 0 spiro atoms. The third kappa shape index (κ3) is 2.30. The van der Waals surface area contributed by atoms with Gasteiger partial charge in [0.05, 0.1) is 23.7 Å². The van der Waals surface area contributed by atoms with Crippen LogP contribution >= 0.6 is 65.9 Å². The first-order valence-corrected chi connectivity index (χ1v) is 10.3. The van der Waals surface area contributed by atoms with E-state index in [1.54, 1.807) is 22.7 Å². The SMILES string of the molecule is O=C1CC(=O)c2c(-c3ccc(Br)s3)sc(-c3ccc(Br)s3)c21. The molecule has 0 amide bonds. The smallest absolute Gasteiger partial charge is 0.172 e. The number of fused-ring (bicyclic) bond motifs is 1. The first-order chi connectivity index (χ1) is 10.5. The zero-order chi connectivity index (χ0) is 15.4. The van der Waals surface area contributed by atoms with Crippen LogP contribution in [-0.2, 0) is 0 Å². The van der Waals surface area contributed by atoms with Gasteiger partial charge in [0.2, 0.25) is 0 Å². The van der Waals surface area contributed by atoms with Gasteiger partial charge in [-0.3, -0.25) is 9.59 Å². The van der Waals surface area contributed by atoms with E-state index in [2.05, 4.69) is 31.9 Å². The minimum atomic E-state index is -0.0577. The highest BCUT2D eigenvalue weighted by Gasteiger charge is 2.36. The minimum absolute atomic E-state index is 0.00266. The lowest BCUT2D eigenvalue weighted by molar-refractivity contribution is 0.0923. The number of rotatable bonds is 2. The van der Waals surface area contributed by atoms with Crippen molar-refractivity contribution in [2.75, 3.05) is 0 Å². The molecule has 110 valence electrons. The van der Waals surface area contributed by atoms with Crippen molar-refractivity contribution in [3.8, 4) is 19.5 Å². The summed E-state index contributed by atoms with van der Waals surface area (Å²) in [6.07, 6.45) is -0.00266. The maximum absolute atomic E-state index is 12.3. The van der Waals surface area contributed by atoms with Crippen LogP contribution in [-0.4, -0.2) is 11.6 Å². The van der Waals surface area contributed by atoms with Gasteiger partial charge in [0.15, 0.2) is 11.6 Å². The predicted molar refractivity (Wildman–Crippen MR) is 99.6 cm³/mol. The highest BCUT2D eigenvalue weighted by Crippen LogP contribution is 2.49. The van der Waals surface area contributed by atoms with Crippen molar-refractivity contribution in [3.63, 3.8) is 0 Å². The number of halogens is 2. The Morgan fingerprint density at radius 3 is 1.55 bits per heavy atom. The van der Waals surface area contributed by atoms with Crippen molar-refractivity contribution in [1.82, 2.24) is 0 Å². The molecule has 0 atom stereocenters. The van der Waals surface area contributed by atoms with E-state index in [0.717, 1.165) is 27.1 Å². The Bertz CT molecular complexity index is 860. The summed E-state index contributed by atoms with van der Waals surface area (Å²) < 4.78 is 2.03. The maximum Gasteiger partial charge on any atom is 0.172 e. The van der Waals surface area contributed by atoms with Gasteiger partial charge in [0, 0.05) is 20.9 Å². The third-order valence-electron chi connectivity index (χ3n) is 3.38. The van der Waals surface area contributed by atoms with E-state index in [9.17, 15) is 9.59 Å². The second kappa shape index (κ2) is 5.49. The van der Waals surface area contributed by atoms with E-state index in [1.165, 1.54) is 11.3 Å². The fraction of sp³-hybridized carbons (Fsp3) is 0.0667. The number of carbonyl (C=O) groups excluding carboxylic acids is 2. The molecule has 3 aromatic heterocycles. The van der Waals surface area contributed by atoms with Gasteiger partial charge in [-0.2, -0.15) is 0 Å². The van der Waals surface area contributed by atoms with Gasteiger partial charge in [-0.05, 0) is 56.1 Å². The van der Waals surface area contributed by atoms with Crippen molar-refractivity contribution >= 4 is 77.4 Å². The van der Waals surface area contributed by atoms with Crippen LogP contribution in [0.25, 0.3) is 19.5 Å². The molecule has 0 fully saturated rings. The molecular formula is C15H6Br2O2S3. The van der Waals surface area contributed by atoms with E-state index < -0.39 is 0 Å². The van der Waals surface area contributed by atoms with Crippen LogP contribution in [0, 0.1) is 0 Å². The molecule has 7 heteroatoms. The standard InChI is InChI=1S/C15H6Br2O2S3/c16-10-3-1-8(20-10)14-12-6(18)5-7(19)13(12)15(22-14)9-2-4-11(17)21-9/h1-4H,5H2. The summed E-state index contributed by atoms with van der Waals surface area (Å²) in [5, 5.41) is 0. The van der Waals surface area contributed by atoms with Gasteiger partial charge in [0.25, 0.3) is 0 Å². The molecule has 0 radical (unpaired) electrons. The molecule has 2 nitrogen and oxygen atoms in total. The first kappa shape index (κ1) is 15.0. The van der Waals surface area contributed by atoms with Crippen molar-refractivity contribution in [2.45, 2.75) is 6.42 Å². The number of ketones is 2. The molecule has 1 aliphatic rings. The lowest BCUT2D eigenvalue weighted by atomic mass is 10.1. The molecule has 1 aliphatic carbocycles. The Balaban J connectivity index is 2.00. The number of hydrogen-bond donors (Lipinski definition) is 0. The Morgan fingerprint density at radius 2 is 1.18 bits per heavy atom. The third-order valence-corrected chi connectivity index (χ3v) is 8.18. The molecule has 0 aliphatic heterocycles. The molecule has 3 aromatic rings. The summed E-state index contributed by atoms with van der Waals surface area (Å²) in [6.45, 7) is 0. The zero-order valence-corrected chi connectivity index (χ0v) is 16.4. The van der Waals surface area contributed by atoms with Crippen molar-refractivity contribution in [1.29, 1.82) is 0 Å². The van der Waals surface area contributed by atoms with Gasteiger partial charge < -0.3 is 0 Å². The normalized spacial score (nSPS) is 13.9. The number of thiophene rings is 3. The van der Waals surface area contributed by atoms with Gasteiger partial charge in [-0.1, -0.05) is 0 Å². The Morgan fingerprint density at radius 1 is 0.727 bits per heavy atom. The molecule has 0 saturated carbocycles. The Labute approximate surface area is 155 Å². The molecular weight excluding hydrogens is 468 g/mol. The molecule has 3 heterocycles. The van der Waals surface area contributed by atoms with Crippen molar-refractivity contribution in [3.05, 3.63) is 43.0 Å². The first-order valence-electron chi connectivity index (χ1n) is 6.29. The minimum Gasteiger partial charge on any atom is -0.294 e. The molecule has 0 aromatic carbocycles. The summed E-state index contributed by atoms with van der Waals surface area (Å²) in [5.74, 6) is -0.115. The average molecular weight is 474 g/mol. The average Bonchev–Trinajstić information content (AvgIpc) is 3.18. The van der Waals surface area contributed by atoms with Gasteiger partial charge in [-0.25, -0.2) is 0 Å². The maximum atomic E-state index is 12.3. The molecule has 22 heavy (non-hydrogen) atoms. The van der Waals surface area contributed by atoms with Crippen LogP contribution in [0.15, 0.2) is 31.8 Å². The quantitative estimate of drug-likeness (QED) is 0.398. The topological polar surface area (TPSA) is 34.1 Å². The highest BCUT2D eigenvalue weighted by atomic mass is 79.9.